The van der Waals surface area contributed by atoms with Crippen LogP contribution in [0.15, 0.2) is 18.3 Å². The van der Waals surface area contributed by atoms with Crippen LogP contribution < -0.4 is 9.47 Å². The first-order valence-electron chi connectivity index (χ1n) is 6.15. The van der Waals surface area contributed by atoms with Gasteiger partial charge in [0.1, 0.15) is 18.9 Å². The second-order valence-electron chi connectivity index (χ2n) is 4.66. The second kappa shape index (κ2) is 4.49. The third-order valence-corrected chi connectivity index (χ3v) is 3.07. The van der Waals surface area contributed by atoms with Crippen molar-refractivity contribution in [3.8, 4) is 11.6 Å². The van der Waals surface area contributed by atoms with Crippen LogP contribution in [0.25, 0.3) is 11.0 Å². The van der Waals surface area contributed by atoms with Crippen molar-refractivity contribution in [3.05, 3.63) is 18.3 Å². The summed E-state index contributed by atoms with van der Waals surface area (Å²) in [5, 5.41) is 1.03. The molecule has 0 atom stereocenters. The fraction of sp³-hybridized carbons (Fsp3) is 0.462. The largest absolute Gasteiger partial charge is 0.484 e. The van der Waals surface area contributed by atoms with E-state index in [-0.39, 0.29) is 0 Å². The number of fused-ring (bicyclic) bond motifs is 3. The number of nitrogens with zero attached hydrogens (tertiary/aromatic N) is 3. The van der Waals surface area contributed by atoms with Gasteiger partial charge >= 0.3 is 0 Å². The van der Waals surface area contributed by atoms with Crippen molar-refractivity contribution in [2.75, 3.05) is 33.9 Å². The van der Waals surface area contributed by atoms with Crippen LogP contribution >= 0.6 is 0 Å². The van der Waals surface area contributed by atoms with Crippen LogP contribution in [0.2, 0.25) is 0 Å². The quantitative estimate of drug-likeness (QED) is 0.821. The van der Waals surface area contributed by atoms with Crippen molar-refractivity contribution in [2.24, 2.45) is 0 Å². The summed E-state index contributed by atoms with van der Waals surface area (Å²) in [6, 6.07) is 3.96. The van der Waals surface area contributed by atoms with Crippen LogP contribution in [-0.4, -0.2) is 48.3 Å². The summed E-state index contributed by atoms with van der Waals surface area (Å²) in [6.45, 7) is 3.00. The van der Waals surface area contributed by atoms with Gasteiger partial charge in [-0.05, 0) is 26.2 Å². The van der Waals surface area contributed by atoms with Crippen molar-refractivity contribution in [2.45, 2.75) is 6.54 Å². The number of rotatable bonds is 3. The minimum Gasteiger partial charge on any atom is -0.484 e. The summed E-state index contributed by atoms with van der Waals surface area (Å²) in [4.78, 5) is 6.59. The van der Waals surface area contributed by atoms with Crippen LogP contribution in [0, 0.1) is 0 Å². The lowest BCUT2D eigenvalue weighted by Gasteiger charge is -2.18. The maximum absolute atomic E-state index is 5.75. The molecule has 0 N–H and O–H groups in total. The van der Waals surface area contributed by atoms with E-state index in [9.17, 15) is 0 Å². The lowest BCUT2D eigenvalue weighted by atomic mass is 10.3. The second-order valence-corrected chi connectivity index (χ2v) is 4.66. The van der Waals surface area contributed by atoms with E-state index >= 15 is 0 Å². The number of pyridine rings is 1. The predicted octanol–water partition coefficient (Wildman–Crippen LogP) is 1.37. The molecule has 3 heterocycles. The third-order valence-electron chi connectivity index (χ3n) is 3.07. The zero-order valence-corrected chi connectivity index (χ0v) is 10.7. The van der Waals surface area contributed by atoms with Gasteiger partial charge in [-0.2, -0.15) is 0 Å². The van der Waals surface area contributed by atoms with Gasteiger partial charge < -0.3 is 14.4 Å². The lowest BCUT2D eigenvalue weighted by Crippen LogP contribution is -2.21. The Bertz CT molecular complexity index is 563. The van der Waals surface area contributed by atoms with Gasteiger partial charge in [-0.3, -0.25) is 4.57 Å². The Hall–Kier alpha value is -1.75. The lowest BCUT2D eigenvalue weighted by molar-refractivity contribution is 0.161. The molecule has 2 aromatic heterocycles. The average Bonchev–Trinajstić information content (AvgIpc) is 2.71. The van der Waals surface area contributed by atoms with E-state index in [0.717, 1.165) is 35.8 Å². The van der Waals surface area contributed by atoms with E-state index in [2.05, 4.69) is 28.5 Å². The molecule has 0 bridgehead atoms. The van der Waals surface area contributed by atoms with Crippen molar-refractivity contribution in [1.82, 2.24) is 14.5 Å². The van der Waals surface area contributed by atoms with Gasteiger partial charge in [0.15, 0.2) is 5.75 Å². The molecule has 3 rings (SSSR count). The summed E-state index contributed by atoms with van der Waals surface area (Å²) >= 11 is 0. The summed E-state index contributed by atoms with van der Waals surface area (Å²) in [7, 11) is 4.12. The molecule has 0 unspecified atom stereocenters. The molecule has 5 heteroatoms. The Morgan fingerprint density at radius 1 is 1.33 bits per heavy atom. The average molecular weight is 247 g/mol. The maximum Gasteiger partial charge on any atom is 0.239 e. The highest BCUT2D eigenvalue weighted by Gasteiger charge is 2.23. The highest BCUT2D eigenvalue weighted by molar-refractivity contribution is 5.87. The van der Waals surface area contributed by atoms with Gasteiger partial charge in [0, 0.05) is 19.3 Å². The normalized spacial score (nSPS) is 14.4. The highest BCUT2D eigenvalue weighted by Crippen LogP contribution is 2.39. The van der Waals surface area contributed by atoms with Crippen LogP contribution in [0.5, 0.6) is 11.6 Å². The Morgan fingerprint density at radius 2 is 2.17 bits per heavy atom. The van der Waals surface area contributed by atoms with E-state index in [0.29, 0.717) is 13.2 Å². The molecular weight excluding hydrogens is 230 g/mol. The number of hydrogen-bond acceptors (Lipinski definition) is 4. The molecule has 0 saturated carbocycles. The molecule has 1 aliphatic heterocycles. The number of likely N-dealkylation sites (N-methyl/N-ethyl adjacent to an activating group) is 1. The maximum atomic E-state index is 5.75. The molecule has 96 valence electrons. The third kappa shape index (κ3) is 1.80. The molecule has 0 saturated heterocycles. The molecule has 0 amide bonds. The SMILES string of the molecule is CN(C)CCn1c2c(c3cccnc31)OCCO2. The van der Waals surface area contributed by atoms with Crippen LogP contribution in [-0.2, 0) is 6.54 Å². The van der Waals surface area contributed by atoms with E-state index in [4.69, 9.17) is 9.47 Å². The van der Waals surface area contributed by atoms with Crippen LogP contribution in [0.4, 0.5) is 0 Å². The van der Waals surface area contributed by atoms with Gasteiger partial charge in [-0.15, -0.1) is 0 Å². The van der Waals surface area contributed by atoms with Gasteiger partial charge in [-0.25, -0.2) is 4.98 Å². The molecule has 2 aromatic rings. The Balaban J connectivity index is 2.10. The highest BCUT2D eigenvalue weighted by atomic mass is 16.6. The smallest absolute Gasteiger partial charge is 0.239 e. The fourth-order valence-corrected chi connectivity index (χ4v) is 2.20. The zero-order valence-electron chi connectivity index (χ0n) is 10.7. The molecule has 0 aliphatic carbocycles. The minimum absolute atomic E-state index is 0.602. The molecular formula is C13H17N3O2. The summed E-state index contributed by atoms with van der Waals surface area (Å²) in [6.07, 6.45) is 1.81. The number of hydrogen-bond donors (Lipinski definition) is 0. The van der Waals surface area contributed by atoms with Crippen molar-refractivity contribution in [3.63, 3.8) is 0 Å². The molecule has 5 nitrogen and oxygen atoms in total. The topological polar surface area (TPSA) is 39.5 Å². The number of ether oxygens (including phenoxy) is 2. The Morgan fingerprint density at radius 3 is 3.00 bits per heavy atom. The minimum atomic E-state index is 0.602. The Kier molecular flexibility index (Phi) is 2.83. The van der Waals surface area contributed by atoms with Crippen molar-refractivity contribution >= 4 is 11.0 Å². The first-order valence-corrected chi connectivity index (χ1v) is 6.15. The molecule has 0 fully saturated rings. The summed E-state index contributed by atoms with van der Waals surface area (Å²) in [5.74, 6) is 1.65. The van der Waals surface area contributed by atoms with Crippen LogP contribution in [0.1, 0.15) is 0 Å². The van der Waals surface area contributed by atoms with E-state index in [1.165, 1.54) is 0 Å². The van der Waals surface area contributed by atoms with E-state index < -0.39 is 0 Å². The van der Waals surface area contributed by atoms with Gasteiger partial charge in [0.25, 0.3) is 0 Å². The van der Waals surface area contributed by atoms with E-state index in [1.54, 1.807) is 6.20 Å². The van der Waals surface area contributed by atoms with E-state index in [1.807, 2.05) is 12.1 Å². The standard InChI is InChI=1S/C13H17N3O2/c1-15(2)6-7-16-12-10(4-3-5-14-12)11-13(16)18-9-8-17-11/h3-5H,6-9H2,1-2H3. The first-order chi connectivity index (χ1) is 8.77. The molecule has 0 radical (unpaired) electrons. The van der Waals surface area contributed by atoms with Crippen molar-refractivity contribution < 1.29 is 9.47 Å². The zero-order chi connectivity index (χ0) is 12.5. The molecule has 18 heavy (non-hydrogen) atoms. The van der Waals surface area contributed by atoms with Gasteiger partial charge in [0.2, 0.25) is 5.88 Å². The fourth-order valence-electron chi connectivity index (χ4n) is 2.20. The van der Waals surface area contributed by atoms with Crippen LogP contribution in [0.3, 0.4) is 0 Å². The first kappa shape index (κ1) is 11.3. The molecule has 0 aromatic carbocycles. The summed E-state index contributed by atoms with van der Waals surface area (Å²) < 4.78 is 13.6. The van der Waals surface area contributed by atoms with Gasteiger partial charge in [0.05, 0.1) is 5.39 Å². The molecule has 1 aliphatic rings. The van der Waals surface area contributed by atoms with Crippen molar-refractivity contribution in [1.29, 1.82) is 0 Å². The van der Waals surface area contributed by atoms with Gasteiger partial charge in [-0.1, -0.05) is 0 Å². The summed E-state index contributed by atoms with van der Waals surface area (Å²) in [5.41, 5.74) is 0.936. The Labute approximate surface area is 106 Å². The number of aromatic nitrogens is 2. The molecule has 0 spiro atoms. The monoisotopic (exact) mass is 247 g/mol. The predicted molar refractivity (Wildman–Crippen MR) is 69.3 cm³/mol.